The number of hydrogen-bond acceptors (Lipinski definition) is 5. The standard InChI is InChI=1S/C19H26FN3O4/c1-3-27-19(26)16-9-4-5-10-23(16)18(25)13-22(2)12-17(24)21-15-8-6-7-14(20)11-15/h6-8,11,16H,3-5,9-10,12-13H2,1-2H3,(H,21,24)/t16-/m1/s1. The molecule has 1 aromatic carbocycles. The number of rotatable bonds is 7. The van der Waals surface area contributed by atoms with Crippen LogP contribution in [0.2, 0.25) is 0 Å². The molecule has 7 nitrogen and oxygen atoms in total. The van der Waals surface area contributed by atoms with E-state index in [1.807, 2.05) is 0 Å². The normalized spacial score (nSPS) is 16.9. The van der Waals surface area contributed by atoms with Gasteiger partial charge in [-0.3, -0.25) is 14.5 Å². The number of carbonyl (C=O) groups is 3. The van der Waals surface area contributed by atoms with E-state index >= 15 is 0 Å². The van der Waals surface area contributed by atoms with Gasteiger partial charge in [-0.2, -0.15) is 0 Å². The van der Waals surface area contributed by atoms with Crippen molar-refractivity contribution in [1.82, 2.24) is 9.80 Å². The first-order valence-corrected chi connectivity index (χ1v) is 9.10. The van der Waals surface area contributed by atoms with Crippen LogP contribution in [0.15, 0.2) is 24.3 Å². The fourth-order valence-electron chi connectivity index (χ4n) is 3.10. The molecule has 0 bridgehead atoms. The average Bonchev–Trinajstić information content (AvgIpc) is 2.61. The Hall–Kier alpha value is -2.48. The summed E-state index contributed by atoms with van der Waals surface area (Å²) in [5.74, 6) is -1.38. The Bertz CT molecular complexity index is 683. The van der Waals surface area contributed by atoms with Crippen LogP contribution in [-0.4, -0.2) is 66.9 Å². The SMILES string of the molecule is CCOC(=O)[C@H]1CCCCN1C(=O)CN(C)CC(=O)Nc1cccc(F)c1. The molecule has 1 atom stereocenters. The first kappa shape index (κ1) is 20.8. The summed E-state index contributed by atoms with van der Waals surface area (Å²) in [6, 6.07) is 5.05. The van der Waals surface area contributed by atoms with Crippen molar-refractivity contribution in [3.63, 3.8) is 0 Å². The van der Waals surface area contributed by atoms with E-state index < -0.39 is 11.9 Å². The largest absolute Gasteiger partial charge is 0.464 e. The third-order valence-electron chi connectivity index (χ3n) is 4.31. The van der Waals surface area contributed by atoms with Gasteiger partial charge >= 0.3 is 5.97 Å². The molecule has 27 heavy (non-hydrogen) atoms. The lowest BCUT2D eigenvalue weighted by atomic mass is 10.0. The minimum absolute atomic E-state index is 0.00642. The highest BCUT2D eigenvalue weighted by Crippen LogP contribution is 2.18. The van der Waals surface area contributed by atoms with E-state index in [1.54, 1.807) is 29.8 Å². The van der Waals surface area contributed by atoms with Gasteiger partial charge in [0.25, 0.3) is 0 Å². The van der Waals surface area contributed by atoms with Gasteiger partial charge in [-0.05, 0) is 51.4 Å². The van der Waals surface area contributed by atoms with E-state index in [-0.39, 0.29) is 37.5 Å². The second kappa shape index (κ2) is 10.0. The quantitative estimate of drug-likeness (QED) is 0.729. The van der Waals surface area contributed by atoms with Crippen molar-refractivity contribution in [3.8, 4) is 0 Å². The van der Waals surface area contributed by atoms with Gasteiger partial charge in [-0.1, -0.05) is 6.07 Å². The Morgan fingerprint density at radius 3 is 2.78 bits per heavy atom. The number of nitrogens with zero attached hydrogens (tertiary/aromatic N) is 2. The van der Waals surface area contributed by atoms with Crippen molar-refractivity contribution in [2.24, 2.45) is 0 Å². The van der Waals surface area contributed by atoms with Crippen LogP contribution in [0.3, 0.4) is 0 Å². The zero-order valence-electron chi connectivity index (χ0n) is 15.7. The monoisotopic (exact) mass is 379 g/mol. The van der Waals surface area contributed by atoms with Gasteiger partial charge < -0.3 is 15.0 Å². The van der Waals surface area contributed by atoms with Crippen molar-refractivity contribution in [2.45, 2.75) is 32.2 Å². The predicted molar refractivity (Wildman–Crippen MR) is 98.5 cm³/mol. The van der Waals surface area contributed by atoms with Crippen LogP contribution >= 0.6 is 0 Å². The van der Waals surface area contributed by atoms with Crippen molar-refractivity contribution >= 4 is 23.5 Å². The van der Waals surface area contributed by atoms with Crippen LogP contribution in [0, 0.1) is 5.82 Å². The number of esters is 1. The Labute approximate surface area is 158 Å². The molecule has 0 unspecified atom stereocenters. The molecule has 1 aromatic rings. The van der Waals surface area contributed by atoms with Gasteiger partial charge in [-0.15, -0.1) is 0 Å². The maximum atomic E-state index is 13.2. The van der Waals surface area contributed by atoms with Crippen LogP contribution in [0.1, 0.15) is 26.2 Å². The number of nitrogens with one attached hydrogen (secondary N) is 1. The Morgan fingerprint density at radius 2 is 2.07 bits per heavy atom. The first-order valence-electron chi connectivity index (χ1n) is 9.10. The molecule has 1 aliphatic heterocycles. The number of halogens is 1. The molecule has 0 radical (unpaired) electrons. The van der Waals surface area contributed by atoms with Crippen LogP contribution in [0.5, 0.6) is 0 Å². The molecular weight excluding hydrogens is 353 g/mol. The summed E-state index contributed by atoms with van der Waals surface area (Å²) >= 11 is 0. The maximum absolute atomic E-state index is 13.2. The topological polar surface area (TPSA) is 79.0 Å². The summed E-state index contributed by atoms with van der Waals surface area (Å²) < 4.78 is 18.2. The third-order valence-corrected chi connectivity index (χ3v) is 4.31. The van der Waals surface area contributed by atoms with E-state index in [0.717, 1.165) is 12.8 Å². The average molecular weight is 379 g/mol. The van der Waals surface area contributed by atoms with Crippen LogP contribution < -0.4 is 5.32 Å². The number of likely N-dealkylation sites (N-methyl/N-ethyl adjacent to an activating group) is 1. The Balaban J connectivity index is 1.87. The van der Waals surface area contributed by atoms with Crippen molar-refractivity contribution < 1.29 is 23.5 Å². The van der Waals surface area contributed by atoms with Crippen LogP contribution in [0.4, 0.5) is 10.1 Å². The summed E-state index contributed by atoms with van der Waals surface area (Å²) in [7, 11) is 1.65. The van der Waals surface area contributed by atoms with E-state index in [0.29, 0.717) is 18.7 Å². The predicted octanol–water partition coefficient (Wildman–Crippen LogP) is 1.64. The van der Waals surface area contributed by atoms with Gasteiger partial charge in [0.15, 0.2) is 0 Å². The first-order chi connectivity index (χ1) is 12.9. The molecule has 0 spiro atoms. The summed E-state index contributed by atoms with van der Waals surface area (Å²) in [6.07, 6.45) is 2.30. The highest BCUT2D eigenvalue weighted by atomic mass is 19.1. The molecule has 148 valence electrons. The summed E-state index contributed by atoms with van der Waals surface area (Å²) in [4.78, 5) is 39.9. The third kappa shape index (κ3) is 6.32. The number of carbonyl (C=O) groups excluding carboxylic acids is 3. The molecule has 1 saturated heterocycles. The van der Waals surface area contributed by atoms with E-state index in [1.165, 1.54) is 18.2 Å². The highest BCUT2D eigenvalue weighted by molar-refractivity contribution is 5.92. The van der Waals surface area contributed by atoms with Crippen molar-refractivity contribution in [2.75, 3.05) is 38.6 Å². The molecule has 0 aliphatic carbocycles. The Morgan fingerprint density at radius 1 is 1.30 bits per heavy atom. The van der Waals surface area contributed by atoms with Gasteiger partial charge in [-0.25, -0.2) is 9.18 Å². The number of benzene rings is 1. The lowest BCUT2D eigenvalue weighted by Gasteiger charge is -2.35. The Kier molecular flexibility index (Phi) is 7.72. The van der Waals surface area contributed by atoms with E-state index in [4.69, 9.17) is 4.74 Å². The molecule has 0 saturated carbocycles. The number of anilines is 1. The van der Waals surface area contributed by atoms with Gasteiger partial charge in [0.05, 0.1) is 19.7 Å². The molecule has 2 amide bonds. The number of hydrogen-bond donors (Lipinski definition) is 1. The molecular formula is C19H26FN3O4. The number of amides is 2. The van der Waals surface area contributed by atoms with Gasteiger partial charge in [0.1, 0.15) is 11.9 Å². The zero-order valence-corrected chi connectivity index (χ0v) is 15.7. The number of likely N-dealkylation sites (tertiary alicyclic amines) is 1. The summed E-state index contributed by atoms with van der Waals surface area (Å²) in [5, 5.41) is 2.59. The lowest BCUT2D eigenvalue weighted by Crippen LogP contribution is -2.51. The molecule has 8 heteroatoms. The van der Waals surface area contributed by atoms with Gasteiger partial charge in [0, 0.05) is 12.2 Å². The van der Waals surface area contributed by atoms with Gasteiger partial charge in [0.2, 0.25) is 11.8 Å². The molecule has 1 heterocycles. The molecule has 2 rings (SSSR count). The van der Waals surface area contributed by atoms with Crippen LogP contribution in [0.25, 0.3) is 0 Å². The molecule has 1 N–H and O–H groups in total. The summed E-state index contributed by atoms with van der Waals surface area (Å²) in [5.41, 5.74) is 0.359. The smallest absolute Gasteiger partial charge is 0.328 e. The highest BCUT2D eigenvalue weighted by Gasteiger charge is 2.33. The van der Waals surface area contributed by atoms with Crippen molar-refractivity contribution in [1.29, 1.82) is 0 Å². The fraction of sp³-hybridized carbons (Fsp3) is 0.526. The van der Waals surface area contributed by atoms with Crippen LogP contribution in [-0.2, 0) is 19.1 Å². The van der Waals surface area contributed by atoms with Crippen molar-refractivity contribution in [3.05, 3.63) is 30.1 Å². The van der Waals surface area contributed by atoms with E-state index in [2.05, 4.69) is 5.32 Å². The minimum Gasteiger partial charge on any atom is -0.464 e. The second-order valence-electron chi connectivity index (χ2n) is 6.58. The number of piperidine rings is 1. The maximum Gasteiger partial charge on any atom is 0.328 e. The summed E-state index contributed by atoms with van der Waals surface area (Å²) in [6.45, 7) is 2.49. The lowest BCUT2D eigenvalue weighted by molar-refractivity contribution is -0.157. The minimum atomic E-state index is -0.555. The number of ether oxygens (including phenoxy) is 1. The molecule has 1 fully saturated rings. The van der Waals surface area contributed by atoms with E-state index in [9.17, 15) is 18.8 Å². The molecule has 1 aliphatic rings. The second-order valence-corrected chi connectivity index (χ2v) is 6.58. The fourth-order valence-corrected chi connectivity index (χ4v) is 3.10. The molecule has 0 aromatic heterocycles. The zero-order chi connectivity index (χ0) is 19.8.